The monoisotopic (exact) mass is 734 g/mol. The molecular weight excluding hydrogens is 672 g/mol. The third-order valence-corrected chi connectivity index (χ3v) is 12.6. The Labute approximate surface area is 315 Å². The molecule has 4 aliphatic carbocycles. The smallest absolute Gasteiger partial charge is 0.410 e. The van der Waals surface area contributed by atoms with Crippen molar-refractivity contribution < 1.29 is 33.3 Å². The first-order valence-corrected chi connectivity index (χ1v) is 20.1. The predicted octanol–water partition coefficient (Wildman–Crippen LogP) is 6.06. The number of amides is 2. The highest BCUT2D eigenvalue weighted by Gasteiger charge is 2.45. The number of carbonyl (C=O) groups excluding carboxylic acids is 2. The van der Waals surface area contributed by atoms with E-state index in [-0.39, 0.29) is 22.9 Å². The van der Waals surface area contributed by atoms with Crippen molar-refractivity contribution in [2.24, 2.45) is 23.3 Å². The highest BCUT2D eigenvalue weighted by atomic mass is 16.6. The largest absolute Gasteiger partial charge is 0.412 e. The topological polar surface area (TPSA) is 156 Å². The summed E-state index contributed by atoms with van der Waals surface area (Å²) in [6, 6.07) is 12.3. The van der Waals surface area contributed by atoms with E-state index in [2.05, 4.69) is 36.6 Å². The van der Waals surface area contributed by atoms with Gasteiger partial charge in [-0.15, -0.1) is 0 Å². The number of ether oxygens (including phenoxy) is 5. The molecule has 11 heteroatoms. The Bertz CT molecular complexity index is 1430. The third kappa shape index (κ3) is 9.72. The zero-order valence-electron chi connectivity index (χ0n) is 31.9. The lowest BCUT2D eigenvalue weighted by molar-refractivity contribution is 0.0159. The second kappa shape index (κ2) is 18.4. The van der Waals surface area contributed by atoms with Crippen LogP contribution >= 0.6 is 0 Å². The van der Waals surface area contributed by atoms with Crippen LogP contribution in [0.2, 0.25) is 0 Å². The number of fused-ring (bicyclic) bond motifs is 8. The standard InChI is InChI=1S/C42H62N4O7/c1-41-15-7-3-5-9-31(37(41)43)25-29-11-13-33(27-35(29)41)52-39(47)45-17-19-49-21-23-51-24-22-50-20-18-46-40(48)53-34-14-12-30-26-32-10-6-4-8-16-42(2,38(32)44)36(30)28-34/h11-14,27-28,31-32,37-38H,3-10,15-26,43-44H2,1-2H3,(H,45,47)(H,46,48)/t31-,32-,37-,38-,41+,42+/m0/s1. The zero-order valence-corrected chi connectivity index (χ0v) is 31.9. The molecular formula is C42H62N4O7. The summed E-state index contributed by atoms with van der Waals surface area (Å²) in [5.41, 5.74) is 18.5. The van der Waals surface area contributed by atoms with Gasteiger partial charge in [-0.25, -0.2) is 9.59 Å². The molecule has 292 valence electrons. The minimum Gasteiger partial charge on any atom is -0.410 e. The average molecular weight is 735 g/mol. The van der Waals surface area contributed by atoms with E-state index in [1.165, 1.54) is 73.6 Å². The predicted molar refractivity (Wildman–Crippen MR) is 205 cm³/mol. The Morgan fingerprint density at radius 1 is 0.623 bits per heavy atom. The fraction of sp³-hybridized carbons (Fsp3) is 0.667. The molecule has 0 heterocycles. The first-order chi connectivity index (χ1) is 25.7. The molecule has 53 heavy (non-hydrogen) atoms. The number of hydrogen-bond donors (Lipinski definition) is 4. The Morgan fingerprint density at radius 3 is 1.47 bits per heavy atom. The van der Waals surface area contributed by atoms with Gasteiger partial charge < -0.3 is 45.8 Å². The molecule has 2 fully saturated rings. The summed E-state index contributed by atoms with van der Waals surface area (Å²) >= 11 is 0. The van der Waals surface area contributed by atoms with Crippen LogP contribution < -0.4 is 31.6 Å². The summed E-state index contributed by atoms with van der Waals surface area (Å²) in [6.45, 7) is 7.49. The quantitative estimate of drug-likeness (QED) is 0.170. The first-order valence-electron chi connectivity index (χ1n) is 20.1. The molecule has 6 atom stereocenters. The van der Waals surface area contributed by atoms with E-state index in [4.69, 9.17) is 35.2 Å². The zero-order chi connectivity index (χ0) is 37.3. The van der Waals surface area contributed by atoms with Gasteiger partial charge in [-0.3, -0.25) is 0 Å². The van der Waals surface area contributed by atoms with Gasteiger partial charge in [-0.2, -0.15) is 0 Å². The average Bonchev–Trinajstić information content (AvgIpc) is 3.14. The maximum Gasteiger partial charge on any atom is 0.412 e. The molecule has 0 spiro atoms. The van der Waals surface area contributed by atoms with Gasteiger partial charge in [0.25, 0.3) is 0 Å². The van der Waals surface area contributed by atoms with Crippen molar-refractivity contribution >= 4 is 12.2 Å². The van der Waals surface area contributed by atoms with Crippen LogP contribution in [0, 0.1) is 11.8 Å². The first kappa shape index (κ1) is 39.5. The lowest BCUT2D eigenvalue weighted by Crippen LogP contribution is -2.52. The Hall–Kier alpha value is -3.22. The fourth-order valence-corrected chi connectivity index (χ4v) is 9.47. The van der Waals surface area contributed by atoms with E-state index in [0.717, 1.165) is 25.7 Å². The molecule has 4 bridgehead atoms. The maximum absolute atomic E-state index is 12.5. The van der Waals surface area contributed by atoms with Crippen LogP contribution in [0.3, 0.4) is 0 Å². The maximum atomic E-state index is 12.5. The molecule has 6 rings (SSSR count). The minimum atomic E-state index is -0.503. The molecule has 2 amide bonds. The summed E-state index contributed by atoms with van der Waals surface area (Å²) in [4.78, 5) is 24.9. The Balaban J connectivity index is 0.787. The molecule has 0 unspecified atom stereocenters. The van der Waals surface area contributed by atoms with E-state index < -0.39 is 12.2 Å². The van der Waals surface area contributed by atoms with Crippen LogP contribution in [0.5, 0.6) is 11.5 Å². The summed E-state index contributed by atoms with van der Waals surface area (Å²) in [5.74, 6) is 2.11. The number of hydrogen-bond acceptors (Lipinski definition) is 9. The number of nitrogens with one attached hydrogen (secondary N) is 2. The molecule has 0 saturated heterocycles. The van der Waals surface area contributed by atoms with Crippen molar-refractivity contribution in [2.75, 3.05) is 52.7 Å². The van der Waals surface area contributed by atoms with Crippen molar-refractivity contribution in [1.82, 2.24) is 10.6 Å². The van der Waals surface area contributed by atoms with Crippen LogP contribution in [-0.2, 0) is 37.9 Å². The lowest BCUT2D eigenvalue weighted by atomic mass is 9.60. The SMILES string of the molecule is C[C@@]12CCCCC[C@@H](Cc3ccc(OC(=O)NCCOCCOCCOCCNC(=O)Oc4ccc5c(c4)[C@@]4(C)CCCCC[C@@H](C5)[C@@H]4N)cc31)[C@@H]2N. The van der Waals surface area contributed by atoms with Crippen LogP contribution in [0.4, 0.5) is 9.59 Å². The number of benzene rings is 2. The van der Waals surface area contributed by atoms with Crippen LogP contribution in [-0.4, -0.2) is 77.0 Å². The van der Waals surface area contributed by atoms with Crippen molar-refractivity contribution in [3.05, 3.63) is 58.7 Å². The number of carbonyl (C=O) groups is 2. The van der Waals surface area contributed by atoms with Crippen LogP contribution in [0.25, 0.3) is 0 Å². The van der Waals surface area contributed by atoms with Gasteiger partial charge in [0, 0.05) is 36.0 Å². The summed E-state index contributed by atoms with van der Waals surface area (Å²) < 4.78 is 28.0. The van der Waals surface area contributed by atoms with Crippen molar-refractivity contribution in [3.8, 4) is 11.5 Å². The molecule has 2 aromatic rings. The number of nitrogens with two attached hydrogens (primary N) is 2. The van der Waals surface area contributed by atoms with E-state index in [0.29, 0.717) is 76.1 Å². The van der Waals surface area contributed by atoms with Gasteiger partial charge >= 0.3 is 12.2 Å². The van der Waals surface area contributed by atoms with Gasteiger partial charge in [0.2, 0.25) is 0 Å². The van der Waals surface area contributed by atoms with Gasteiger partial charge in [-0.1, -0.05) is 64.5 Å². The minimum absolute atomic E-state index is 0.0970. The Kier molecular flexibility index (Phi) is 13.7. The molecule has 0 radical (unpaired) electrons. The summed E-state index contributed by atoms with van der Waals surface area (Å²) in [6.07, 6.45) is 12.8. The van der Waals surface area contributed by atoms with Gasteiger partial charge in [0.15, 0.2) is 0 Å². The molecule has 4 aliphatic rings. The van der Waals surface area contributed by atoms with E-state index in [9.17, 15) is 9.59 Å². The second-order valence-electron chi connectivity index (χ2n) is 16.1. The molecule has 11 nitrogen and oxygen atoms in total. The normalized spacial score (nSPS) is 27.8. The van der Waals surface area contributed by atoms with Crippen LogP contribution in [0.15, 0.2) is 36.4 Å². The van der Waals surface area contributed by atoms with Crippen molar-refractivity contribution in [3.63, 3.8) is 0 Å². The highest BCUT2D eigenvalue weighted by Crippen LogP contribution is 2.48. The lowest BCUT2D eigenvalue weighted by Gasteiger charge is -2.47. The molecule has 6 N–H and O–H groups in total. The summed E-state index contributed by atoms with van der Waals surface area (Å²) in [7, 11) is 0. The number of rotatable bonds is 14. The van der Waals surface area contributed by atoms with E-state index in [1.807, 2.05) is 24.3 Å². The molecule has 2 saturated carbocycles. The van der Waals surface area contributed by atoms with Gasteiger partial charge in [0.1, 0.15) is 11.5 Å². The second-order valence-corrected chi connectivity index (χ2v) is 16.1. The molecule has 0 aliphatic heterocycles. The Morgan fingerprint density at radius 2 is 1.04 bits per heavy atom. The molecule has 0 aromatic heterocycles. The van der Waals surface area contributed by atoms with Crippen molar-refractivity contribution in [2.45, 2.75) is 114 Å². The highest BCUT2D eigenvalue weighted by molar-refractivity contribution is 5.71. The summed E-state index contributed by atoms with van der Waals surface area (Å²) in [5, 5.41) is 5.51. The van der Waals surface area contributed by atoms with Gasteiger partial charge in [0.05, 0.1) is 39.6 Å². The van der Waals surface area contributed by atoms with Gasteiger partial charge in [-0.05, 0) is 96.9 Å². The van der Waals surface area contributed by atoms with E-state index in [1.54, 1.807) is 0 Å². The molecule has 2 aromatic carbocycles. The van der Waals surface area contributed by atoms with E-state index >= 15 is 0 Å². The van der Waals surface area contributed by atoms with Crippen LogP contribution in [0.1, 0.15) is 100 Å². The third-order valence-electron chi connectivity index (χ3n) is 12.6. The van der Waals surface area contributed by atoms with Crippen molar-refractivity contribution in [1.29, 1.82) is 0 Å². The fourth-order valence-electron chi connectivity index (χ4n) is 9.47.